The molecule has 3 fully saturated rings. The topological polar surface area (TPSA) is 96.3 Å². The van der Waals surface area contributed by atoms with Gasteiger partial charge in [0.25, 0.3) is 8.32 Å². The highest BCUT2D eigenvalue weighted by Crippen LogP contribution is 2.52. The first-order chi connectivity index (χ1) is 28.0. The largest absolute Gasteiger partial charge is 0.507 e. The van der Waals surface area contributed by atoms with Gasteiger partial charge in [-0.15, -0.1) is 0 Å². The fraction of sp³-hybridized carbons (Fsp3) is 0.429. The van der Waals surface area contributed by atoms with Gasteiger partial charge < -0.3 is 19.2 Å². The summed E-state index contributed by atoms with van der Waals surface area (Å²) in [6.45, 7) is 9.30. The second-order valence-electron chi connectivity index (χ2n) is 18.0. The molecule has 2 N–H and O–H groups in total. The number of rotatable bonds is 11. The summed E-state index contributed by atoms with van der Waals surface area (Å²) >= 11 is 0. The number of imide groups is 1. The third-order valence-corrected chi connectivity index (χ3v) is 18.6. The molecule has 8 rings (SSSR count). The lowest BCUT2D eigenvalue weighted by Gasteiger charge is -2.46. The van der Waals surface area contributed by atoms with Crippen LogP contribution in [0, 0.1) is 17.8 Å². The monoisotopic (exact) mass is 795 g/mol. The van der Waals surface area contributed by atoms with E-state index in [-0.39, 0.29) is 40.9 Å². The van der Waals surface area contributed by atoms with Gasteiger partial charge in [-0.25, -0.2) is 0 Å². The van der Waals surface area contributed by atoms with Gasteiger partial charge in [0.15, 0.2) is 0 Å². The fourth-order valence-electron chi connectivity index (χ4n) is 10.9. The summed E-state index contributed by atoms with van der Waals surface area (Å²) in [4.78, 5) is 30.8. The van der Waals surface area contributed by atoms with Gasteiger partial charge >= 0.3 is 7.12 Å². The zero-order chi connectivity index (χ0) is 40.6. The molecule has 4 aromatic carbocycles. The normalized spacial score (nSPS) is 23.4. The van der Waals surface area contributed by atoms with E-state index >= 15 is 0 Å². The molecule has 1 saturated carbocycles. The van der Waals surface area contributed by atoms with E-state index in [2.05, 4.69) is 82.3 Å². The number of aromatic hydroxyl groups is 1. The van der Waals surface area contributed by atoms with E-state index in [4.69, 9.17) is 9.08 Å². The highest BCUT2D eigenvalue weighted by molar-refractivity contribution is 6.99. The molecule has 58 heavy (non-hydrogen) atoms. The number of phenols is 1. The number of fused-ring (bicyclic) bond motifs is 4. The van der Waals surface area contributed by atoms with E-state index in [1.54, 1.807) is 11.0 Å². The van der Waals surface area contributed by atoms with Crippen LogP contribution in [0.5, 0.6) is 5.75 Å². The van der Waals surface area contributed by atoms with Crippen molar-refractivity contribution in [3.05, 3.63) is 119 Å². The van der Waals surface area contributed by atoms with Gasteiger partial charge in [0, 0.05) is 11.4 Å². The molecule has 2 aliphatic heterocycles. The summed E-state index contributed by atoms with van der Waals surface area (Å²) in [5, 5.41) is 25.9. The molecule has 7 nitrogen and oxygen atoms in total. The second kappa shape index (κ2) is 16.8. The Morgan fingerprint density at radius 1 is 0.862 bits per heavy atom. The Morgan fingerprint density at radius 2 is 1.50 bits per heavy atom. The summed E-state index contributed by atoms with van der Waals surface area (Å²) in [6, 6.07) is 32.8. The van der Waals surface area contributed by atoms with Gasteiger partial charge in [0.2, 0.25) is 11.8 Å². The molecule has 0 bridgehead atoms. The second-order valence-corrected chi connectivity index (χ2v) is 22.3. The van der Waals surface area contributed by atoms with Crippen molar-refractivity contribution in [3.8, 4) is 5.75 Å². The standard InChI is InChI=1S/C49H58BNO6Si/c1-5-33(29-34-26-27-43(52)40-24-16-15-23-39(34)40)25-28-44-45-35(32-56-58(49(2,3)4,37-19-11-7-12-20-37)38-21-13-8-14-22-38)30-41-46(42(45)31-50(55)57-44)48(54)51(47(41)53)36-17-9-6-10-18-36/h7-8,11-16,19-24,26-27,29,36,41-42,44,46,52,55H,5-6,9-10,17-18,25,28,30-32H2,1-4H3/b33-29+/t41-,42+,44-,46-/m1/s1. The van der Waals surface area contributed by atoms with Crippen molar-refractivity contribution in [1.29, 1.82) is 0 Å². The number of likely N-dealkylation sites (tertiary alicyclic amines) is 1. The van der Waals surface area contributed by atoms with Crippen LogP contribution in [0.1, 0.15) is 91.0 Å². The van der Waals surface area contributed by atoms with Crippen molar-refractivity contribution in [1.82, 2.24) is 4.90 Å². The molecular weight excluding hydrogens is 737 g/mol. The lowest BCUT2D eigenvalue weighted by molar-refractivity contribution is -0.143. The molecular formula is C49H58BNO6Si. The van der Waals surface area contributed by atoms with Crippen LogP contribution < -0.4 is 10.4 Å². The maximum Gasteiger partial charge on any atom is 0.455 e. The predicted octanol–water partition coefficient (Wildman–Crippen LogP) is 8.83. The van der Waals surface area contributed by atoms with Gasteiger partial charge in [-0.1, -0.05) is 150 Å². The third-order valence-electron chi connectivity index (χ3n) is 13.6. The van der Waals surface area contributed by atoms with E-state index in [1.165, 1.54) is 15.9 Å². The average Bonchev–Trinajstić information content (AvgIpc) is 3.49. The summed E-state index contributed by atoms with van der Waals surface area (Å²) in [5.74, 6) is -1.13. The number of phenolic OH excluding ortho intramolecular Hbond substituents is 1. The summed E-state index contributed by atoms with van der Waals surface area (Å²) in [5.41, 5.74) is 4.38. The van der Waals surface area contributed by atoms with Crippen molar-refractivity contribution in [2.24, 2.45) is 17.8 Å². The van der Waals surface area contributed by atoms with Crippen LogP contribution in [-0.2, 0) is 18.7 Å². The number of amides is 2. The van der Waals surface area contributed by atoms with Crippen molar-refractivity contribution in [2.45, 2.75) is 109 Å². The summed E-state index contributed by atoms with van der Waals surface area (Å²) in [7, 11) is -4.00. The van der Waals surface area contributed by atoms with E-state index < -0.39 is 33.4 Å². The minimum absolute atomic E-state index is 0.0428. The van der Waals surface area contributed by atoms with Crippen LogP contribution in [0.15, 0.2) is 114 Å². The first-order valence-electron chi connectivity index (χ1n) is 21.6. The Morgan fingerprint density at radius 3 is 2.14 bits per heavy atom. The highest BCUT2D eigenvalue weighted by atomic mass is 28.4. The number of benzene rings is 4. The zero-order valence-electron chi connectivity index (χ0n) is 34.5. The SMILES string of the molecule is CC/C(=C\c1ccc(O)c2ccccc12)CC[C@H]1OB(O)C[C@H]2C1=C(CO[Si](c1ccccc1)(c1ccccc1)C(C)(C)C)C[C@H]1C(=O)N(C3CCCCC3)C(=O)[C@H]12. The Hall–Kier alpha value is -4.28. The maximum atomic E-state index is 14.6. The molecule has 302 valence electrons. The Kier molecular flexibility index (Phi) is 11.7. The van der Waals surface area contributed by atoms with Crippen molar-refractivity contribution in [3.63, 3.8) is 0 Å². The third kappa shape index (κ3) is 7.44. The fourth-order valence-corrected chi connectivity index (χ4v) is 15.4. The molecule has 0 unspecified atom stereocenters. The lowest BCUT2D eigenvalue weighted by atomic mass is 9.58. The molecule has 4 atom stereocenters. The Labute approximate surface area is 345 Å². The smallest absolute Gasteiger partial charge is 0.455 e. The van der Waals surface area contributed by atoms with Gasteiger partial charge in [0.1, 0.15) is 5.75 Å². The first kappa shape index (κ1) is 40.5. The molecule has 0 spiro atoms. The van der Waals surface area contributed by atoms with Crippen LogP contribution in [-0.4, -0.2) is 61.0 Å². The van der Waals surface area contributed by atoms with Crippen LogP contribution in [0.25, 0.3) is 16.8 Å². The van der Waals surface area contributed by atoms with Gasteiger partial charge in [0.05, 0.1) is 24.5 Å². The van der Waals surface area contributed by atoms with Crippen molar-refractivity contribution < 1.29 is 28.8 Å². The van der Waals surface area contributed by atoms with Gasteiger partial charge in [-0.2, -0.15) is 0 Å². The summed E-state index contributed by atoms with van der Waals surface area (Å²) < 4.78 is 14.1. The molecule has 0 radical (unpaired) electrons. The molecule has 2 saturated heterocycles. The van der Waals surface area contributed by atoms with E-state index in [1.807, 2.05) is 42.5 Å². The van der Waals surface area contributed by atoms with E-state index in [0.717, 1.165) is 72.4 Å². The van der Waals surface area contributed by atoms with Gasteiger partial charge in [-0.05, 0) is 94.3 Å². The quantitative estimate of drug-likeness (QED) is 0.0896. The average molecular weight is 796 g/mol. The molecule has 0 aromatic heterocycles. The lowest BCUT2D eigenvalue weighted by Crippen LogP contribution is -2.66. The highest BCUT2D eigenvalue weighted by Gasteiger charge is 2.59. The molecule has 4 aromatic rings. The molecule has 9 heteroatoms. The maximum absolute atomic E-state index is 14.6. The first-order valence-corrected chi connectivity index (χ1v) is 23.5. The number of carbonyl (C=O) groups excluding carboxylic acids is 2. The van der Waals surface area contributed by atoms with Crippen molar-refractivity contribution >= 4 is 54.5 Å². The van der Waals surface area contributed by atoms with Crippen LogP contribution in [0.2, 0.25) is 11.4 Å². The number of carbonyl (C=O) groups is 2. The van der Waals surface area contributed by atoms with Gasteiger partial charge in [-0.3, -0.25) is 14.5 Å². The van der Waals surface area contributed by atoms with Crippen LogP contribution >= 0.6 is 0 Å². The van der Waals surface area contributed by atoms with E-state index in [9.17, 15) is 19.7 Å². The zero-order valence-corrected chi connectivity index (χ0v) is 35.5. The Bertz CT molecular complexity index is 2150. The molecule has 2 amide bonds. The molecule has 4 aliphatic rings. The Balaban J connectivity index is 1.19. The summed E-state index contributed by atoms with van der Waals surface area (Å²) in [6.07, 6.45) is 9.61. The number of nitrogens with zero attached hydrogens (tertiary/aromatic N) is 1. The molecule has 2 aliphatic carbocycles. The minimum atomic E-state index is -2.96. The van der Waals surface area contributed by atoms with Crippen LogP contribution in [0.4, 0.5) is 0 Å². The minimum Gasteiger partial charge on any atom is -0.507 e. The van der Waals surface area contributed by atoms with Crippen molar-refractivity contribution in [2.75, 3.05) is 6.61 Å². The number of hydrogen-bond acceptors (Lipinski definition) is 6. The number of hydrogen-bond donors (Lipinski definition) is 2. The number of allylic oxidation sites excluding steroid dienone is 1. The predicted molar refractivity (Wildman–Crippen MR) is 235 cm³/mol. The van der Waals surface area contributed by atoms with Crippen LogP contribution in [0.3, 0.4) is 0 Å². The molecule has 2 heterocycles. The van der Waals surface area contributed by atoms with E-state index in [0.29, 0.717) is 19.4 Å².